The van der Waals surface area contributed by atoms with E-state index < -0.39 is 22.0 Å². The summed E-state index contributed by atoms with van der Waals surface area (Å²) in [6, 6.07) is -0.895. The van der Waals surface area contributed by atoms with Crippen LogP contribution in [0.2, 0.25) is 0 Å². The minimum Gasteiger partial charge on any atom is -0.480 e. The highest BCUT2D eigenvalue weighted by Crippen LogP contribution is 2.71. The second-order valence-electron chi connectivity index (χ2n) is 8.63. The molecule has 0 aromatic heterocycles. The van der Waals surface area contributed by atoms with Gasteiger partial charge in [0.2, 0.25) is 10.0 Å². The van der Waals surface area contributed by atoms with Crippen molar-refractivity contribution in [2.45, 2.75) is 58.1 Å². The maximum atomic E-state index is 13.2. The number of fused-ring (bicyclic) bond motifs is 5. The summed E-state index contributed by atoms with van der Waals surface area (Å²) >= 11 is 0. The summed E-state index contributed by atoms with van der Waals surface area (Å²) in [6.07, 6.45) is 4.02. The van der Waals surface area contributed by atoms with Crippen LogP contribution in [0.1, 0.15) is 46.0 Å². The number of carboxylic acids is 1. The van der Waals surface area contributed by atoms with Gasteiger partial charge in [0, 0.05) is 18.6 Å². The van der Waals surface area contributed by atoms with Gasteiger partial charge in [-0.1, -0.05) is 13.8 Å². The molecule has 4 rings (SSSR count). The molecule has 5 atom stereocenters. The SMILES string of the molecule is CC1(C)C2CCC1(CS(=O)(=O)N1CCC[C@H]1C(=O)O)C1OCCC21. The standard InChI is InChI=1S/C17H27NO5S/c1-16(2)12-5-7-17(16,14-11(12)6-9-23-14)10-24(21,22)18-8-3-4-13(18)15(19)20/h11-14H,3-10H2,1-2H3,(H,19,20)/t11?,12?,13-,14?,17?/m0/s1. The molecule has 136 valence electrons. The van der Waals surface area contributed by atoms with Crippen molar-refractivity contribution >= 4 is 16.0 Å². The monoisotopic (exact) mass is 357 g/mol. The van der Waals surface area contributed by atoms with Crippen LogP contribution in [0.5, 0.6) is 0 Å². The van der Waals surface area contributed by atoms with E-state index in [1.54, 1.807) is 0 Å². The van der Waals surface area contributed by atoms with Crippen LogP contribution < -0.4 is 0 Å². The molecule has 2 aliphatic carbocycles. The molecule has 0 aromatic rings. The summed E-state index contributed by atoms with van der Waals surface area (Å²) in [5.41, 5.74) is -0.447. The first-order chi connectivity index (χ1) is 11.2. The Morgan fingerprint density at radius 3 is 2.75 bits per heavy atom. The Labute approximate surface area is 143 Å². The normalized spacial score (nSPS) is 44.1. The van der Waals surface area contributed by atoms with E-state index in [0.717, 1.165) is 25.9 Å². The summed E-state index contributed by atoms with van der Waals surface area (Å²) < 4.78 is 33.6. The van der Waals surface area contributed by atoms with Crippen LogP contribution in [0, 0.1) is 22.7 Å². The van der Waals surface area contributed by atoms with E-state index >= 15 is 0 Å². The maximum Gasteiger partial charge on any atom is 0.322 e. The number of carboxylic acid groups (broad SMARTS) is 1. The third kappa shape index (κ3) is 2.01. The Balaban J connectivity index is 1.67. The van der Waals surface area contributed by atoms with Crippen molar-refractivity contribution in [1.29, 1.82) is 0 Å². The molecule has 1 N–H and O–H groups in total. The molecular weight excluding hydrogens is 330 g/mol. The minimum absolute atomic E-state index is 0.0203. The van der Waals surface area contributed by atoms with Gasteiger partial charge in [0.1, 0.15) is 6.04 Å². The quantitative estimate of drug-likeness (QED) is 0.828. The van der Waals surface area contributed by atoms with Crippen LogP contribution in [0.4, 0.5) is 0 Å². The number of aliphatic carboxylic acids is 1. The number of hydrogen-bond donors (Lipinski definition) is 1. The Morgan fingerprint density at radius 2 is 2.04 bits per heavy atom. The molecule has 4 aliphatic rings. The van der Waals surface area contributed by atoms with Gasteiger partial charge in [-0.15, -0.1) is 0 Å². The van der Waals surface area contributed by atoms with Crippen molar-refractivity contribution in [3.8, 4) is 0 Å². The van der Waals surface area contributed by atoms with Crippen molar-refractivity contribution in [3.05, 3.63) is 0 Å². The van der Waals surface area contributed by atoms with E-state index in [1.165, 1.54) is 4.31 Å². The van der Waals surface area contributed by atoms with Crippen molar-refractivity contribution in [2.24, 2.45) is 22.7 Å². The third-order valence-electron chi connectivity index (χ3n) is 7.60. The van der Waals surface area contributed by atoms with Gasteiger partial charge in [-0.3, -0.25) is 4.79 Å². The lowest BCUT2D eigenvalue weighted by atomic mass is 9.69. The number of ether oxygens (including phenoxy) is 1. The molecule has 2 aliphatic heterocycles. The Morgan fingerprint density at radius 1 is 1.29 bits per heavy atom. The summed E-state index contributed by atoms with van der Waals surface area (Å²) in [6.45, 7) is 5.44. The van der Waals surface area contributed by atoms with Crippen LogP contribution in [0.3, 0.4) is 0 Å². The second-order valence-corrected chi connectivity index (χ2v) is 10.6. The van der Waals surface area contributed by atoms with E-state index in [2.05, 4.69) is 13.8 Å². The van der Waals surface area contributed by atoms with Crippen LogP contribution in [0.25, 0.3) is 0 Å². The van der Waals surface area contributed by atoms with Crippen LogP contribution in [-0.2, 0) is 19.6 Å². The van der Waals surface area contributed by atoms with E-state index in [4.69, 9.17) is 4.74 Å². The molecule has 0 radical (unpaired) electrons. The highest BCUT2D eigenvalue weighted by atomic mass is 32.2. The van der Waals surface area contributed by atoms with Crippen molar-refractivity contribution in [2.75, 3.05) is 18.9 Å². The lowest BCUT2D eigenvalue weighted by molar-refractivity contribution is -0.140. The molecule has 0 spiro atoms. The molecule has 6 nitrogen and oxygen atoms in total. The molecule has 24 heavy (non-hydrogen) atoms. The van der Waals surface area contributed by atoms with Gasteiger partial charge in [0.25, 0.3) is 0 Å². The summed E-state index contributed by atoms with van der Waals surface area (Å²) in [4.78, 5) is 11.4. The highest BCUT2D eigenvalue weighted by molar-refractivity contribution is 7.89. The maximum absolute atomic E-state index is 13.2. The first-order valence-corrected chi connectivity index (χ1v) is 10.7. The van der Waals surface area contributed by atoms with Crippen LogP contribution >= 0.6 is 0 Å². The number of sulfonamides is 1. The fourth-order valence-corrected chi connectivity index (χ4v) is 8.87. The van der Waals surface area contributed by atoms with Crippen molar-refractivity contribution in [1.82, 2.24) is 4.31 Å². The number of nitrogens with zero attached hydrogens (tertiary/aromatic N) is 1. The van der Waals surface area contributed by atoms with Gasteiger partial charge in [-0.2, -0.15) is 4.31 Å². The Bertz CT molecular complexity index is 660. The highest BCUT2D eigenvalue weighted by Gasteiger charge is 2.71. The van der Waals surface area contributed by atoms with Gasteiger partial charge < -0.3 is 9.84 Å². The molecule has 2 heterocycles. The fraction of sp³-hybridized carbons (Fsp3) is 0.941. The predicted octanol–water partition coefficient (Wildman–Crippen LogP) is 1.71. The first kappa shape index (κ1) is 16.8. The van der Waals surface area contributed by atoms with E-state index in [-0.39, 0.29) is 22.7 Å². The molecule has 7 heteroatoms. The molecule has 0 aromatic carbocycles. The zero-order valence-corrected chi connectivity index (χ0v) is 15.2. The van der Waals surface area contributed by atoms with Crippen LogP contribution in [-0.4, -0.2) is 54.8 Å². The smallest absolute Gasteiger partial charge is 0.322 e. The largest absolute Gasteiger partial charge is 0.480 e. The first-order valence-electron chi connectivity index (χ1n) is 9.05. The predicted molar refractivity (Wildman–Crippen MR) is 87.9 cm³/mol. The van der Waals surface area contributed by atoms with Crippen LogP contribution in [0.15, 0.2) is 0 Å². The van der Waals surface area contributed by atoms with E-state index in [1.807, 2.05) is 0 Å². The summed E-state index contributed by atoms with van der Waals surface area (Å²) in [7, 11) is -3.62. The zero-order valence-electron chi connectivity index (χ0n) is 14.4. The number of hydrogen-bond acceptors (Lipinski definition) is 4. The second kappa shape index (κ2) is 5.17. The third-order valence-corrected chi connectivity index (χ3v) is 9.63. The number of carbonyl (C=O) groups is 1. The van der Waals surface area contributed by atoms with E-state index in [9.17, 15) is 18.3 Å². The lowest BCUT2D eigenvalue weighted by Gasteiger charge is -2.42. The molecule has 4 fully saturated rings. The van der Waals surface area contributed by atoms with Gasteiger partial charge in [0.05, 0.1) is 11.9 Å². The lowest BCUT2D eigenvalue weighted by Crippen LogP contribution is -2.50. The zero-order chi connectivity index (χ0) is 17.3. The van der Waals surface area contributed by atoms with Gasteiger partial charge in [-0.25, -0.2) is 8.42 Å². The number of rotatable bonds is 4. The van der Waals surface area contributed by atoms with Crippen molar-refractivity contribution in [3.63, 3.8) is 0 Å². The fourth-order valence-electron chi connectivity index (χ4n) is 6.38. The van der Waals surface area contributed by atoms with Gasteiger partial charge in [-0.05, 0) is 49.4 Å². The molecule has 2 saturated carbocycles. The van der Waals surface area contributed by atoms with E-state index in [0.29, 0.717) is 31.2 Å². The molecule has 4 unspecified atom stereocenters. The molecule has 2 bridgehead atoms. The minimum atomic E-state index is -3.62. The summed E-state index contributed by atoms with van der Waals surface area (Å²) in [5.74, 6) is -0.000513. The van der Waals surface area contributed by atoms with Crippen molar-refractivity contribution < 1.29 is 23.1 Å². The summed E-state index contributed by atoms with van der Waals surface area (Å²) in [5, 5.41) is 9.36. The average Bonchev–Trinajstić information content (AvgIpc) is 3.21. The topological polar surface area (TPSA) is 83.9 Å². The average molecular weight is 357 g/mol. The molecule has 2 saturated heterocycles. The van der Waals surface area contributed by atoms with Gasteiger partial charge >= 0.3 is 5.97 Å². The Hall–Kier alpha value is -0.660. The van der Waals surface area contributed by atoms with Gasteiger partial charge in [0.15, 0.2) is 0 Å². The molecular formula is C17H27NO5S. The molecule has 0 amide bonds. The Kier molecular flexibility index (Phi) is 3.62.